The van der Waals surface area contributed by atoms with Crippen LogP contribution in [0.3, 0.4) is 0 Å². The largest absolute Gasteiger partial charge is 0.455 e. The van der Waals surface area contributed by atoms with Crippen molar-refractivity contribution >= 4 is 17.7 Å². The molecule has 0 bridgehead atoms. The Balaban J connectivity index is 1.36. The van der Waals surface area contributed by atoms with Crippen molar-refractivity contribution in [3.05, 3.63) is 34.9 Å². The molecule has 1 spiro atoms. The predicted octanol–water partition coefficient (Wildman–Crippen LogP) is 3.83. The van der Waals surface area contributed by atoms with E-state index in [0.717, 1.165) is 36.8 Å². The lowest BCUT2D eigenvalue weighted by Crippen LogP contribution is -2.56. The number of aliphatic hydroxyl groups excluding tert-OH is 1. The van der Waals surface area contributed by atoms with Gasteiger partial charge in [0.1, 0.15) is 6.10 Å². The lowest BCUT2D eigenvalue weighted by molar-refractivity contribution is -0.178. The van der Waals surface area contributed by atoms with Crippen LogP contribution in [0.1, 0.15) is 66.2 Å². The average Bonchev–Trinajstić information content (AvgIpc) is 3.30. The van der Waals surface area contributed by atoms with Crippen molar-refractivity contribution < 1.29 is 29.0 Å². The van der Waals surface area contributed by atoms with Crippen molar-refractivity contribution in [2.45, 2.75) is 84.0 Å². The van der Waals surface area contributed by atoms with Crippen LogP contribution in [0.4, 0.5) is 0 Å². The number of fused-ring (bicyclic) bond motifs is 4. The number of hydrogen-bond donors (Lipinski definition) is 1. The summed E-state index contributed by atoms with van der Waals surface area (Å²) in [5.74, 6) is 0.0369. The number of aliphatic hydroxyl groups is 1. The van der Waals surface area contributed by atoms with Gasteiger partial charge >= 0.3 is 11.9 Å². The van der Waals surface area contributed by atoms with Crippen molar-refractivity contribution in [2.75, 3.05) is 0 Å². The van der Waals surface area contributed by atoms with Gasteiger partial charge in [0.25, 0.3) is 0 Å². The Bertz CT molecular complexity index is 1100. The standard InChI is InChI=1S/C28H34O6/c1-14-13-23(33-24(31)15(14)2)27(4)21-9-7-18-16-5-6-19-20(29)8-10-22(30)26(19,3)17(16)11-12-28(18,21)25(32)34-27/h6,8,10,16-18,20-21,23,29H,5,7,9,11-13H2,1-4H3. The van der Waals surface area contributed by atoms with Crippen LogP contribution < -0.4 is 0 Å². The second-order valence-corrected chi connectivity index (χ2v) is 11.9. The quantitative estimate of drug-likeness (QED) is 0.467. The maximum Gasteiger partial charge on any atom is 0.334 e. The molecule has 0 radical (unpaired) electrons. The fourth-order valence-corrected chi connectivity index (χ4v) is 8.94. The molecule has 2 heterocycles. The number of allylic oxidation sites excluding steroid dienone is 2. The lowest BCUT2D eigenvalue weighted by atomic mass is 9.47. The first-order chi connectivity index (χ1) is 16.0. The second-order valence-electron chi connectivity index (χ2n) is 11.9. The van der Waals surface area contributed by atoms with Gasteiger partial charge in [-0.1, -0.05) is 11.6 Å². The highest BCUT2D eigenvalue weighted by Gasteiger charge is 2.74. The van der Waals surface area contributed by atoms with Gasteiger partial charge in [0.2, 0.25) is 0 Å². The zero-order valence-electron chi connectivity index (χ0n) is 20.4. The molecule has 1 saturated heterocycles. The lowest BCUT2D eigenvalue weighted by Gasteiger charge is -2.55. The molecule has 4 aliphatic carbocycles. The molecule has 9 unspecified atom stereocenters. The average molecular weight is 467 g/mol. The number of carbonyl (C=O) groups is 3. The molecule has 0 amide bonds. The van der Waals surface area contributed by atoms with Crippen LogP contribution in [-0.4, -0.2) is 40.6 Å². The van der Waals surface area contributed by atoms with Gasteiger partial charge < -0.3 is 14.6 Å². The van der Waals surface area contributed by atoms with E-state index < -0.39 is 28.6 Å². The summed E-state index contributed by atoms with van der Waals surface area (Å²) in [6.45, 7) is 7.70. The van der Waals surface area contributed by atoms with Crippen molar-refractivity contribution in [3.63, 3.8) is 0 Å². The molecule has 6 nitrogen and oxygen atoms in total. The molecule has 9 atom stereocenters. The zero-order valence-corrected chi connectivity index (χ0v) is 20.4. The molecule has 0 aromatic rings. The van der Waals surface area contributed by atoms with E-state index in [1.165, 1.54) is 0 Å². The third-order valence-electron chi connectivity index (χ3n) is 10.9. The van der Waals surface area contributed by atoms with Gasteiger partial charge in [0.05, 0.1) is 16.9 Å². The van der Waals surface area contributed by atoms with Crippen LogP contribution in [0.15, 0.2) is 34.9 Å². The maximum atomic E-state index is 13.7. The van der Waals surface area contributed by atoms with Gasteiger partial charge in [-0.2, -0.15) is 0 Å². The first-order valence-corrected chi connectivity index (χ1v) is 12.8. The molecular formula is C28H34O6. The molecule has 2 aliphatic heterocycles. The highest BCUT2D eigenvalue weighted by molar-refractivity contribution is 5.99. The van der Waals surface area contributed by atoms with Crippen LogP contribution in [-0.2, 0) is 23.9 Å². The van der Waals surface area contributed by atoms with Crippen molar-refractivity contribution in [1.82, 2.24) is 0 Å². The van der Waals surface area contributed by atoms with E-state index in [1.54, 1.807) is 19.1 Å². The second kappa shape index (κ2) is 6.93. The van der Waals surface area contributed by atoms with Gasteiger partial charge in [-0.05, 0) is 95.3 Å². The Labute approximate surface area is 200 Å². The van der Waals surface area contributed by atoms with Gasteiger partial charge in [-0.3, -0.25) is 9.59 Å². The SMILES string of the molecule is CC1=C(C)C(=O)OC(C2(C)OC(=O)C34CCC5C(CC=C6C(O)C=CC(=O)C65C)C3CCC24)C1. The summed E-state index contributed by atoms with van der Waals surface area (Å²) in [4.78, 5) is 39.4. The van der Waals surface area contributed by atoms with E-state index in [4.69, 9.17) is 9.47 Å². The van der Waals surface area contributed by atoms with Crippen LogP contribution in [0.25, 0.3) is 0 Å². The smallest absolute Gasteiger partial charge is 0.334 e. The van der Waals surface area contributed by atoms with E-state index in [9.17, 15) is 19.5 Å². The Morgan fingerprint density at radius 3 is 2.56 bits per heavy atom. The Kier molecular flexibility index (Phi) is 4.54. The zero-order chi connectivity index (χ0) is 24.2. The normalized spacial score (nSPS) is 49.6. The monoisotopic (exact) mass is 466 g/mol. The first kappa shape index (κ1) is 22.3. The highest BCUT2D eigenvalue weighted by atomic mass is 16.6. The number of rotatable bonds is 1. The van der Waals surface area contributed by atoms with Crippen LogP contribution in [0.2, 0.25) is 0 Å². The van der Waals surface area contributed by atoms with Gasteiger partial charge in [-0.15, -0.1) is 0 Å². The van der Waals surface area contributed by atoms with Gasteiger partial charge in [0, 0.05) is 17.9 Å². The number of esters is 2. The molecule has 182 valence electrons. The molecule has 6 rings (SSSR count). The minimum Gasteiger partial charge on any atom is -0.455 e. The summed E-state index contributed by atoms with van der Waals surface area (Å²) in [5.41, 5.74) is 0.349. The summed E-state index contributed by atoms with van der Waals surface area (Å²) < 4.78 is 12.1. The fourth-order valence-electron chi connectivity index (χ4n) is 8.94. The van der Waals surface area contributed by atoms with Crippen molar-refractivity contribution in [1.29, 1.82) is 0 Å². The molecule has 0 aromatic carbocycles. The molecule has 34 heavy (non-hydrogen) atoms. The third kappa shape index (κ3) is 2.48. The molecule has 2 saturated carbocycles. The molecule has 6 aliphatic rings. The Morgan fingerprint density at radius 1 is 1.06 bits per heavy atom. The van der Waals surface area contributed by atoms with E-state index in [2.05, 4.69) is 6.08 Å². The Morgan fingerprint density at radius 2 is 1.82 bits per heavy atom. The molecule has 0 aromatic heterocycles. The molecule has 1 N–H and O–H groups in total. The minimum absolute atomic E-state index is 0.00631. The fraction of sp³-hybridized carbons (Fsp3) is 0.679. The topological polar surface area (TPSA) is 89.9 Å². The maximum absolute atomic E-state index is 13.7. The number of hydrogen-bond acceptors (Lipinski definition) is 6. The third-order valence-corrected chi connectivity index (χ3v) is 10.9. The van der Waals surface area contributed by atoms with Crippen molar-refractivity contribution in [3.8, 4) is 0 Å². The summed E-state index contributed by atoms with van der Waals surface area (Å²) in [7, 11) is 0. The summed E-state index contributed by atoms with van der Waals surface area (Å²) in [6, 6.07) is 0. The van der Waals surface area contributed by atoms with Crippen LogP contribution in [0, 0.1) is 34.5 Å². The Hall–Kier alpha value is -2.21. The molecular weight excluding hydrogens is 432 g/mol. The highest BCUT2D eigenvalue weighted by Crippen LogP contribution is 2.70. The number of ether oxygens (including phenoxy) is 2. The molecule has 3 fully saturated rings. The number of ketones is 1. The van der Waals surface area contributed by atoms with Crippen LogP contribution in [0.5, 0.6) is 0 Å². The van der Waals surface area contributed by atoms with Gasteiger partial charge in [0.15, 0.2) is 11.4 Å². The first-order valence-electron chi connectivity index (χ1n) is 12.8. The van der Waals surface area contributed by atoms with Crippen LogP contribution >= 0.6 is 0 Å². The summed E-state index contributed by atoms with van der Waals surface area (Å²) in [6.07, 6.45) is 8.60. The minimum atomic E-state index is -0.838. The molecule has 6 heteroatoms. The van der Waals surface area contributed by atoms with E-state index in [1.807, 2.05) is 20.8 Å². The summed E-state index contributed by atoms with van der Waals surface area (Å²) >= 11 is 0. The van der Waals surface area contributed by atoms with E-state index >= 15 is 0 Å². The van der Waals surface area contributed by atoms with E-state index in [-0.39, 0.29) is 41.4 Å². The predicted molar refractivity (Wildman–Crippen MR) is 123 cm³/mol. The number of cyclic esters (lactones) is 2. The number of carbonyl (C=O) groups excluding carboxylic acids is 3. The van der Waals surface area contributed by atoms with Gasteiger partial charge in [-0.25, -0.2) is 4.79 Å². The van der Waals surface area contributed by atoms with Crippen molar-refractivity contribution in [2.24, 2.45) is 34.5 Å². The summed E-state index contributed by atoms with van der Waals surface area (Å²) in [5, 5.41) is 10.6. The van der Waals surface area contributed by atoms with E-state index in [0.29, 0.717) is 18.4 Å².